The lowest BCUT2D eigenvalue weighted by molar-refractivity contribution is -0.133. The van der Waals surface area contributed by atoms with Crippen molar-refractivity contribution in [2.45, 2.75) is 51.6 Å². The number of aromatic nitrogens is 2. The minimum absolute atomic E-state index is 0.0543. The highest BCUT2D eigenvalue weighted by atomic mass is 16.2. The van der Waals surface area contributed by atoms with Gasteiger partial charge in [-0.05, 0) is 45.6 Å². The zero-order valence-electron chi connectivity index (χ0n) is 12.4. The lowest BCUT2D eigenvalue weighted by Crippen LogP contribution is -2.47. The number of rotatable bonds is 7. The summed E-state index contributed by atoms with van der Waals surface area (Å²) >= 11 is 0. The zero-order valence-corrected chi connectivity index (χ0v) is 12.4. The van der Waals surface area contributed by atoms with Crippen LogP contribution in [0.3, 0.4) is 0 Å². The van der Waals surface area contributed by atoms with E-state index in [2.05, 4.69) is 14.9 Å². The van der Waals surface area contributed by atoms with E-state index < -0.39 is 0 Å². The van der Waals surface area contributed by atoms with Crippen molar-refractivity contribution in [3.63, 3.8) is 0 Å². The molecule has 0 radical (unpaired) electrons. The fourth-order valence-corrected chi connectivity index (χ4v) is 2.63. The molecule has 0 aromatic carbocycles. The van der Waals surface area contributed by atoms with Crippen molar-refractivity contribution >= 4 is 5.91 Å². The second-order valence-electron chi connectivity index (χ2n) is 5.57. The van der Waals surface area contributed by atoms with Crippen LogP contribution in [0, 0.1) is 0 Å². The average Bonchev–Trinajstić information content (AvgIpc) is 3.00. The van der Waals surface area contributed by atoms with Gasteiger partial charge in [0.1, 0.15) is 0 Å². The van der Waals surface area contributed by atoms with Crippen LogP contribution in [0.15, 0.2) is 18.7 Å². The predicted octanol–water partition coefficient (Wildman–Crippen LogP) is 1.65. The van der Waals surface area contributed by atoms with E-state index in [0.717, 1.165) is 51.9 Å². The van der Waals surface area contributed by atoms with E-state index in [9.17, 15) is 4.79 Å². The van der Waals surface area contributed by atoms with Gasteiger partial charge in [0.05, 0.1) is 12.4 Å². The van der Waals surface area contributed by atoms with Gasteiger partial charge in [-0.3, -0.25) is 4.79 Å². The number of likely N-dealkylation sites (tertiary alicyclic amines) is 1. The average molecular weight is 278 g/mol. The monoisotopic (exact) mass is 278 g/mol. The van der Waals surface area contributed by atoms with Crippen molar-refractivity contribution in [3.8, 4) is 0 Å². The number of amides is 1. The molecule has 5 nitrogen and oxygen atoms in total. The Bertz CT molecular complexity index is 385. The largest absolute Gasteiger partial charge is 0.341 e. The Balaban J connectivity index is 1.57. The number of unbranched alkanes of at least 4 members (excludes halogenated alkanes) is 1. The molecule has 2 heterocycles. The van der Waals surface area contributed by atoms with Gasteiger partial charge in [-0.2, -0.15) is 0 Å². The van der Waals surface area contributed by atoms with Crippen molar-refractivity contribution in [2.24, 2.45) is 0 Å². The van der Waals surface area contributed by atoms with E-state index in [-0.39, 0.29) is 11.9 Å². The van der Waals surface area contributed by atoms with Crippen molar-refractivity contribution in [1.29, 1.82) is 0 Å². The third-order valence-corrected chi connectivity index (χ3v) is 3.89. The predicted molar refractivity (Wildman–Crippen MR) is 79.4 cm³/mol. The Hall–Kier alpha value is -1.36. The van der Waals surface area contributed by atoms with Crippen LogP contribution in [0.4, 0.5) is 0 Å². The second kappa shape index (κ2) is 8.04. The second-order valence-corrected chi connectivity index (χ2v) is 5.57. The topological polar surface area (TPSA) is 50.2 Å². The van der Waals surface area contributed by atoms with Gasteiger partial charge in [0.25, 0.3) is 0 Å². The van der Waals surface area contributed by atoms with E-state index in [1.807, 2.05) is 24.3 Å². The molecular formula is C15H26N4O. The molecule has 1 amide bonds. The molecule has 0 bridgehead atoms. The van der Waals surface area contributed by atoms with Crippen molar-refractivity contribution in [1.82, 2.24) is 19.8 Å². The van der Waals surface area contributed by atoms with E-state index >= 15 is 0 Å². The standard InChI is InChI=1S/C15H26N4O/c1-14(15(20)19-10-4-2-5-11-19)17-7-3-6-9-18-12-8-16-13-18/h8,12-14,17H,2-7,9-11H2,1H3. The Labute approximate surface area is 121 Å². The van der Waals surface area contributed by atoms with Crippen LogP contribution < -0.4 is 5.32 Å². The number of imidazole rings is 1. The first kappa shape index (κ1) is 15.0. The van der Waals surface area contributed by atoms with Gasteiger partial charge in [0.2, 0.25) is 5.91 Å². The fourth-order valence-electron chi connectivity index (χ4n) is 2.63. The molecule has 1 aromatic heterocycles. The molecule has 1 atom stereocenters. The molecule has 1 aliphatic heterocycles. The normalized spacial score (nSPS) is 17.1. The summed E-state index contributed by atoms with van der Waals surface area (Å²) in [5.74, 6) is 0.263. The van der Waals surface area contributed by atoms with E-state index in [1.165, 1.54) is 6.42 Å². The number of carbonyl (C=O) groups is 1. The Morgan fingerprint density at radius 2 is 2.10 bits per heavy atom. The van der Waals surface area contributed by atoms with Crippen LogP contribution in [0.5, 0.6) is 0 Å². The summed E-state index contributed by atoms with van der Waals surface area (Å²) in [5, 5.41) is 3.34. The molecule has 0 aliphatic carbocycles. The Morgan fingerprint density at radius 3 is 2.80 bits per heavy atom. The lowest BCUT2D eigenvalue weighted by Gasteiger charge is -2.29. The van der Waals surface area contributed by atoms with Gasteiger partial charge in [-0.15, -0.1) is 0 Å². The first-order valence-electron chi connectivity index (χ1n) is 7.75. The van der Waals surface area contributed by atoms with Crippen molar-refractivity contribution in [2.75, 3.05) is 19.6 Å². The fraction of sp³-hybridized carbons (Fsp3) is 0.733. The van der Waals surface area contributed by atoms with Crippen molar-refractivity contribution < 1.29 is 4.79 Å². The maximum atomic E-state index is 12.2. The summed E-state index contributed by atoms with van der Waals surface area (Å²) in [7, 11) is 0. The Morgan fingerprint density at radius 1 is 1.30 bits per heavy atom. The molecule has 5 heteroatoms. The molecule has 0 saturated carbocycles. The van der Waals surface area contributed by atoms with Gasteiger partial charge in [-0.1, -0.05) is 0 Å². The highest BCUT2D eigenvalue weighted by Gasteiger charge is 2.21. The molecule has 0 spiro atoms. The minimum Gasteiger partial charge on any atom is -0.341 e. The van der Waals surface area contributed by atoms with Crippen molar-refractivity contribution in [3.05, 3.63) is 18.7 Å². The quantitative estimate of drug-likeness (QED) is 0.772. The van der Waals surface area contributed by atoms with E-state index in [4.69, 9.17) is 0 Å². The number of aryl methyl sites for hydroxylation is 1. The third-order valence-electron chi connectivity index (χ3n) is 3.89. The maximum Gasteiger partial charge on any atom is 0.239 e. The molecule has 112 valence electrons. The first-order valence-corrected chi connectivity index (χ1v) is 7.75. The van der Waals surface area contributed by atoms with Gasteiger partial charge in [-0.25, -0.2) is 4.98 Å². The first-order chi connectivity index (χ1) is 9.77. The number of nitrogens with zero attached hydrogens (tertiary/aromatic N) is 3. The smallest absolute Gasteiger partial charge is 0.239 e. The third kappa shape index (κ3) is 4.63. The number of piperidine rings is 1. The van der Waals surface area contributed by atoms with Gasteiger partial charge in [0, 0.05) is 32.0 Å². The molecule has 1 unspecified atom stereocenters. The molecule has 1 aliphatic rings. The van der Waals surface area contributed by atoms with Crippen LogP contribution in [0.2, 0.25) is 0 Å². The van der Waals surface area contributed by atoms with Crippen LogP contribution in [-0.4, -0.2) is 46.0 Å². The summed E-state index contributed by atoms with van der Waals surface area (Å²) in [5.41, 5.74) is 0. The SMILES string of the molecule is CC(NCCCCn1ccnc1)C(=O)N1CCCCC1. The number of nitrogens with one attached hydrogen (secondary N) is 1. The van der Waals surface area contributed by atoms with Gasteiger partial charge >= 0.3 is 0 Å². The molecule has 1 N–H and O–H groups in total. The summed E-state index contributed by atoms with van der Waals surface area (Å²) in [6.07, 6.45) is 11.4. The minimum atomic E-state index is -0.0543. The molecule has 20 heavy (non-hydrogen) atoms. The molecule has 2 rings (SSSR count). The highest BCUT2D eigenvalue weighted by Crippen LogP contribution is 2.09. The number of hydrogen-bond acceptors (Lipinski definition) is 3. The van der Waals surface area contributed by atoms with Crippen LogP contribution in [0.1, 0.15) is 39.0 Å². The van der Waals surface area contributed by atoms with Crippen LogP contribution in [0.25, 0.3) is 0 Å². The molecule has 1 saturated heterocycles. The molecule has 1 fully saturated rings. The van der Waals surface area contributed by atoms with E-state index in [1.54, 1.807) is 6.20 Å². The Kier molecular flexibility index (Phi) is 6.05. The molecular weight excluding hydrogens is 252 g/mol. The summed E-state index contributed by atoms with van der Waals surface area (Å²) in [6.45, 7) is 5.75. The molecule has 1 aromatic rings. The number of carbonyl (C=O) groups excluding carboxylic acids is 1. The highest BCUT2D eigenvalue weighted by molar-refractivity contribution is 5.81. The van der Waals surface area contributed by atoms with Crippen LogP contribution in [-0.2, 0) is 11.3 Å². The summed E-state index contributed by atoms with van der Waals surface area (Å²) in [6, 6.07) is -0.0543. The van der Waals surface area contributed by atoms with Gasteiger partial charge in [0.15, 0.2) is 0 Å². The summed E-state index contributed by atoms with van der Waals surface area (Å²) < 4.78 is 2.09. The van der Waals surface area contributed by atoms with Gasteiger partial charge < -0.3 is 14.8 Å². The van der Waals surface area contributed by atoms with E-state index in [0.29, 0.717) is 0 Å². The number of hydrogen-bond donors (Lipinski definition) is 1. The van der Waals surface area contributed by atoms with Crippen LogP contribution >= 0.6 is 0 Å². The zero-order chi connectivity index (χ0) is 14.2. The maximum absolute atomic E-state index is 12.2. The summed E-state index contributed by atoms with van der Waals surface area (Å²) in [4.78, 5) is 18.2. The lowest BCUT2D eigenvalue weighted by atomic mass is 10.1.